The molecule has 1 fully saturated rings. The lowest BCUT2D eigenvalue weighted by Crippen LogP contribution is -2.39. The van der Waals surface area contributed by atoms with Crippen LogP contribution in [0.2, 0.25) is 0 Å². The van der Waals surface area contributed by atoms with Crippen LogP contribution in [0.5, 0.6) is 0 Å². The number of nitrogens with one attached hydrogen (secondary N) is 2. The van der Waals surface area contributed by atoms with Gasteiger partial charge >= 0.3 is 6.09 Å². The summed E-state index contributed by atoms with van der Waals surface area (Å²) in [7, 11) is 1.65. The van der Waals surface area contributed by atoms with Crippen molar-refractivity contribution in [2.24, 2.45) is 5.92 Å². The van der Waals surface area contributed by atoms with E-state index in [2.05, 4.69) is 14.9 Å². The number of carbonyl (C=O) groups excluding carboxylic acids is 2. The number of nitrogens with zero attached hydrogens (tertiary/aromatic N) is 1. The van der Waals surface area contributed by atoms with Crippen LogP contribution in [-0.2, 0) is 9.53 Å². The molecule has 0 aliphatic carbocycles. The summed E-state index contributed by atoms with van der Waals surface area (Å²) in [4.78, 5) is 22.8. The molecule has 6 nitrogen and oxygen atoms in total. The smallest absolute Gasteiger partial charge is 0.407 e. The summed E-state index contributed by atoms with van der Waals surface area (Å²) in [5, 5.41) is 5.45. The van der Waals surface area contributed by atoms with E-state index in [0.717, 1.165) is 25.9 Å². The summed E-state index contributed by atoms with van der Waals surface area (Å²) >= 11 is 1.57. The average Bonchev–Trinajstić information content (AvgIpc) is 2.41. The third-order valence-electron chi connectivity index (χ3n) is 3.16. The summed E-state index contributed by atoms with van der Waals surface area (Å²) in [5.41, 5.74) is -0.454. The zero-order chi connectivity index (χ0) is 15.9. The second-order valence-electron chi connectivity index (χ2n) is 6.20. The van der Waals surface area contributed by atoms with Crippen LogP contribution in [0.25, 0.3) is 0 Å². The molecule has 122 valence electrons. The maximum Gasteiger partial charge on any atom is 0.407 e. The summed E-state index contributed by atoms with van der Waals surface area (Å²) < 4.78 is 7.44. The molecule has 0 aromatic rings. The second kappa shape index (κ2) is 8.48. The normalized spacial score (nSPS) is 17.3. The maximum absolute atomic E-state index is 11.6. The Bertz CT molecular complexity index is 350. The Kier molecular flexibility index (Phi) is 7.31. The summed E-state index contributed by atoms with van der Waals surface area (Å²) in [5.74, 6) is 1.00. The monoisotopic (exact) mass is 317 g/mol. The van der Waals surface area contributed by atoms with Crippen molar-refractivity contribution in [2.75, 3.05) is 32.4 Å². The van der Waals surface area contributed by atoms with Gasteiger partial charge in [-0.3, -0.25) is 9.10 Å². The van der Waals surface area contributed by atoms with Crippen molar-refractivity contribution >= 4 is 23.9 Å². The van der Waals surface area contributed by atoms with Crippen LogP contribution in [0.15, 0.2) is 0 Å². The van der Waals surface area contributed by atoms with E-state index in [4.69, 9.17) is 4.74 Å². The lowest BCUT2D eigenvalue weighted by molar-refractivity contribution is -0.118. The van der Waals surface area contributed by atoms with E-state index in [-0.39, 0.29) is 12.0 Å². The molecule has 1 saturated heterocycles. The van der Waals surface area contributed by atoms with Crippen molar-refractivity contribution in [2.45, 2.75) is 39.2 Å². The molecule has 0 saturated carbocycles. The lowest BCUT2D eigenvalue weighted by atomic mass is 9.98. The van der Waals surface area contributed by atoms with Gasteiger partial charge in [0.1, 0.15) is 5.60 Å². The molecule has 1 heterocycles. The zero-order valence-electron chi connectivity index (χ0n) is 13.4. The molecule has 2 amide bonds. The number of hydrogen-bond donors (Lipinski definition) is 2. The number of ether oxygens (including phenoxy) is 1. The van der Waals surface area contributed by atoms with Crippen molar-refractivity contribution in [1.29, 1.82) is 0 Å². The van der Waals surface area contributed by atoms with E-state index in [1.165, 1.54) is 0 Å². The van der Waals surface area contributed by atoms with E-state index in [1.54, 1.807) is 19.0 Å². The van der Waals surface area contributed by atoms with Gasteiger partial charge in [0.2, 0.25) is 5.91 Å². The van der Waals surface area contributed by atoms with Crippen LogP contribution in [-0.4, -0.2) is 54.3 Å². The fourth-order valence-electron chi connectivity index (χ4n) is 2.01. The first-order valence-electron chi connectivity index (χ1n) is 7.35. The minimum Gasteiger partial charge on any atom is -0.444 e. The van der Waals surface area contributed by atoms with Crippen LogP contribution >= 0.6 is 11.9 Å². The Morgan fingerprint density at radius 2 is 1.90 bits per heavy atom. The molecule has 1 rings (SSSR count). The Hall–Kier alpha value is -0.950. The average molecular weight is 317 g/mol. The van der Waals surface area contributed by atoms with Crippen molar-refractivity contribution in [3.63, 3.8) is 0 Å². The predicted molar refractivity (Wildman–Crippen MR) is 85.1 cm³/mol. The first kappa shape index (κ1) is 18.1. The van der Waals surface area contributed by atoms with Crippen LogP contribution in [0.1, 0.15) is 33.6 Å². The minimum absolute atomic E-state index is 0.0497. The van der Waals surface area contributed by atoms with E-state index >= 15 is 0 Å². The van der Waals surface area contributed by atoms with E-state index in [0.29, 0.717) is 18.2 Å². The van der Waals surface area contributed by atoms with Gasteiger partial charge in [-0.05, 0) is 39.5 Å². The van der Waals surface area contributed by atoms with Crippen molar-refractivity contribution in [3.8, 4) is 0 Å². The first-order valence-corrected chi connectivity index (χ1v) is 8.29. The standard InChI is InChI=1S/C14H27N3O3S/c1-14(2,3)20-13(19)16-9-11-5-7-17(8-6-11)21-10-12(18)15-4/h11H,5-10H2,1-4H3,(H,15,18)(H,16,19). The Labute approximate surface area is 131 Å². The van der Waals surface area contributed by atoms with Gasteiger partial charge in [0.15, 0.2) is 0 Å². The number of carbonyl (C=O) groups is 2. The summed E-state index contributed by atoms with van der Waals surface area (Å²) in [6, 6.07) is 0. The van der Waals surface area contributed by atoms with E-state index in [1.807, 2.05) is 20.8 Å². The third kappa shape index (κ3) is 8.16. The number of amides is 2. The molecule has 1 aliphatic heterocycles. The van der Waals surface area contributed by atoms with Crippen molar-refractivity contribution < 1.29 is 14.3 Å². The second-order valence-corrected chi connectivity index (χ2v) is 7.27. The molecule has 21 heavy (non-hydrogen) atoms. The predicted octanol–water partition coefficient (Wildman–Crippen LogP) is 1.62. The molecular weight excluding hydrogens is 290 g/mol. The Morgan fingerprint density at radius 1 is 1.29 bits per heavy atom. The summed E-state index contributed by atoms with van der Waals surface area (Å²) in [6.07, 6.45) is 1.70. The maximum atomic E-state index is 11.6. The first-order chi connectivity index (χ1) is 9.80. The topological polar surface area (TPSA) is 70.7 Å². The highest BCUT2D eigenvalue weighted by molar-refractivity contribution is 7.97. The SMILES string of the molecule is CNC(=O)CSN1CCC(CNC(=O)OC(C)(C)C)CC1. The molecule has 0 atom stereocenters. The summed E-state index contributed by atoms with van der Waals surface area (Å²) in [6.45, 7) is 8.12. The third-order valence-corrected chi connectivity index (χ3v) is 4.29. The van der Waals surface area contributed by atoms with Gasteiger partial charge in [-0.1, -0.05) is 11.9 Å². The highest BCUT2D eigenvalue weighted by Crippen LogP contribution is 2.22. The fraction of sp³-hybridized carbons (Fsp3) is 0.857. The van der Waals surface area contributed by atoms with E-state index < -0.39 is 5.60 Å². The molecule has 7 heteroatoms. The number of alkyl carbamates (subject to hydrolysis) is 1. The van der Waals surface area contributed by atoms with Gasteiger partial charge in [0.25, 0.3) is 0 Å². The molecule has 0 aromatic heterocycles. The highest BCUT2D eigenvalue weighted by atomic mass is 32.2. The van der Waals surface area contributed by atoms with Crippen LogP contribution < -0.4 is 10.6 Å². The molecule has 1 aliphatic rings. The minimum atomic E-state index is -0.454. The van der Waals surface area contributed by atoms with Gasteiger partial charge in [-0.2, -0.15) is 0 Å². The van der Waals surface area contributed by atoms with E-state index in [9.17, 15) is 9.59 Å². The molecule has 0 spiro atoms. The fourth-order valence-corrected chi connectivity index (χ4v) is 2.92. The number of piperidine rings is 1. The quantitative estimate of drug-likeness (QED) is 0.754. The molecule has 0 unspecified atom stereocenters. The molecule has 0 bridgehead atoms. The zero-order valence-corrected chi connectivity index (χ0v) is 14.2. The van der Waals surface area contributed by atoms with Crippen LogP contribution in [0.3, 0.4) is 0 Å². The van der Waals surface area contributed by atoms with Crippen molar-refractivity contribution in [1.82, 2.24) is 14.9 Å². The molecule has 2 N–H and O–H groups in total. The van der Waals surface area contributed by atoms with Gasteiger partial charge in [0, 0.05) is 26.7 Å². The molecular formula is C14H27N3O3S. The van der Waals surface area contributed by atoms with Gasteiger partial charge < -0.3 is 15.4 Å². The molecule has 0 radical (unpaired) electrons. The lowest BCUT2D eigenvalue weighted by Gasteiger charge is -2.31. The highest BCUT2D eigenvalue weighted by Gasteiger charge is 2.22. The van der Waals surface area contributed by atoms with Crippen LogP contribution in [0, 0.1) is 5.92 Å². The largest absolute Gasteiger partial charge is 0.444 e. The number of hydrogen-bond acceptors (Lipinski definition) is 5. The Morgan fingerprint density at radius 3 is 2.43 bits per heavy atom. The Balaban J connectivity index is 2.16. The van der Waals surface area contributed by atoms with Gasteiger partial charge in [0.05, 0.1) is 5.75 Å². The van der Waals surface area contributed by atoms with Gasteiger partial charge in [-0.15, -0.1) is 0 Å². The number of rotatable bonds is 5. The van der Waals surface area contributed by atoms with Crippen LogP contribution in [0.4, 0.5) is 4.79 Å². The van der Waals surface area contributed by atoms with Gasteiger partial charge in [-0.25, -0.2) is 4.79 Å². The van der Waals surface area contributed by atoms with Crippen molar-refractivity contribution in [3.05, 3.63) is 0 Å². The molecule has 0 aromatic carbocycles.